The summed E-state index contributed by atoms with van der Waals surface area (Å²) in [5.74, 6) is -2.32. The van der Waals surface area contributed by atoms with Crippen molar-refractivity contribution in [2.24, 2.45) is 5.92 Å². The van der Waals surface area contributed by atoms with E-state index < -0.39 is 30.5 Å². The molecule has 1 heterocycles. The third-order valence-corrected chi connectivity index (χ3v) is 4.76. The number of amides is 2. The molecule has 1 aromatic carbocycles. The van der Waals surface area contributed by atoms with Crippen LogP contribution in [0.5, 0.6) is 0 Å². The predicted molar refractivity (Wildman–Crippen MR) is 108 cm³/mol. The Morgan fingerprint density at radius 2 is 1.76 bits per heavy atom. The van der Waals surface area contributed by atoms with Crippen molar-refractivity contribution in [3.63, 3.8) is 0 Å². The highest BCUT2D eigenvalue weighted by atomic mass is 32.1. The Morgan fingerprint density at radius 1 is 1.07 bits per heavy atom. The number of carbonyl (C=O) groups excluding carboxylic acids is 4. The lowest BCUT2D eigenvalue weighted by molar-refractivity contribution is -0.150. The molecule has 0 bridgehead atoms. The van der Waals surface area contributed by atoms with Gasteiger partial charge in [0.2, 0.25) is 0 Å². The fourth-order valence-electron chi connectivity index (χ4n) is 2.35. The van der Waals surface area contributed by atoms with Crippen LogP contribution in [0.3, 0.4) is 0 Å². The van der Waals surface area contributed by atoms with Crippen molar-refractivity contribution in [1.82, 2.24) is 5.32 Å². The molecule has 9 heteroatoms. The molecule has 0 saturated carbocycles. The molecule has 2 rings (SSSR count). The Morgan fingerprint density at radius 3 is 2.31 bits per heavy atom. The molecule has 2 amide bonds. The number of anilines is 1. The van der Waals surface area contributed by atoms with Gasteiger partial charge in [0.05, 0.1) is 17.6 Å². The molecule has 0 aliphatic carbocycles. The summed E-state index contributed by atoms with van der Waals surface area (Å²) in [6.45, 7) is 3.03. The summed E-state index contributed by atoms with van der Waals surface area (Å²) in [6.07, 6.45) is 0. The molecule has 0 fully saturated rings. The number of rotatable bonds is 8. The van der Waals surface area contributed by atoms with Crippen LogP contribution in [0.4, 0.5) is 5.69 Å². The molecule has 0 unspecified atom stereocenters. The zero-order valence-corrected chi connectivity index (χ0v) is 17.1. The first-order chi connectivity index (χ1) is 13.8. The standard InChI is InChI=1S/C20H22N2O6S/c1-12(2)17(22-18(24)15-5-4-10-29-15)20(26)28-11-16(23)21-14-8-6-13(7-9-14)19(25)27-3/h4-10,12,17H,11H2,1-3H3,(H,21,23)(H,22,24)/t17-/m0/s1. The van der Waals surface area contributed by atoms with E-state index in [-0.39, 0.29) is 11.8 Å². The van der Waals surface area contributed by atoms with Crippen molar-refractivity contribution in [3.8, 4) is 0 Å². The van der Waals surface area contributed by atoms with E-state index in [2.05, 4.69) is 15.4 Å². The average molecular weight is 418 g/mol. The van der Waals surface area contributed by atoms with Crippen LogP contribution in [0.2, 0.25) is 0 Å². The van der Waals surface area contributed by atoms with E-state index in [1.807, 2.05) is 0 Å². The minimum Gasteiger partial charge on any atom is -0.465 e. The van der Waals surface area contributed by atoms with Crippen molar-refractivity contribution in [2.45, 2.75) is 19.9 Å². The van der Waals surface area contributed by atoms with Gasteiger partial charge in [0.1, 0.15) is 6.04 Å². The second-order valence-electron chi connectivity index (χ2n) is 6.40. The molecule has 1 aromatic heterocycles. The van der Waals surface area contributed by atoms with Crippen molar-refractivity contribution >= 4 is 40.8 Å². The average Bonchev–Trinajstić information content (AvgIpc) is 3.24. The van der Waals surface area contributed by atoms with E-state index in [0.717, 1.165) is 0 Å². The number of methoxy groups -OCH3 is 1. The van der Waals surface area contributed by atoms with Gasteiger partial charge in [-0.05, 0) is 41.6 Å². The number of nitrogens with one attached hydrogen (secondary N) is 2. The molecule has 8 nitrogen and oxygen atoms in total. The first-order valence-corrected chi connectivity index (χ1v) is 9.69. The Hall–Kier alpha value is -3.20. The van der Waals surface area contributed by atoms with Crippen LogP contribution < -0.4 is 10.6 Å². The Kier molecular flexibility index (Phi) is 7.90. The predicted octanol–water partition coefficient (Wildman–Crippen LogP) is 2.47. The van der Waals surface area contributed by atoms with Gasteiger partial charge in [-0.25, -0.2) is 9.59 Å². The summed E-state index contributed by atoms with van der Waals surface area (Å²) in [6, 6.07) is 8.59. The lowest BCUT2D eigenvalue weighted by Crippen LogP contribution is -2.45. The number of thiophene rings is 1. The summed E-state index contributed by atoms with van der Waals surface area (Å²) in [7, 11) is 1.28. The maximum Gasteiger partial charge on any atom is 0.337 e. The Balaban J connectivity index is 1.87. The van der Waals surface area contributed by atoms with Crippen LogP contribution in [0.15, 0.2) is 41.8 Å². The van der Waals surface area contributed by atoms with Crippen LogP contribution in [0.25, 0.3) is 0 Å². The van der Waals surface area contributed by atoms with Crippen molar-refractivity contribution < 1.29 is 28.7 Å². The van der Waals surface area contributed by atoms with Crippen LogP contribution in [0, 0.1) is 5.92 Å². The second kappa shape index (κ2) is 10.4. The van der Waals surface area contributed by atoms with E-state index in [9.17, 15) is 19.2 Å². The molecular formula is C20H22N2O6S. The number of hydrogen-bond donors (Lipinski definition) is 2. The quantitative estimate of drug-likeness (QED) is 0.637. The molecule has 0 aliphatic rings. The summed E-state index contributed by atoms with van der Waals surface area (Å²) in [4.78, 5) is 48.4. The monoisotopic (exact) mass is 418 g/mol. The molecule has 2 N–H and O–H groups in total. The van der Waals surface area contributed by atoms with Gasteiger partial charge in [-0.15, -0.1) is 11.3 Å². The van der Waals surface area contributed by atoms with E-state index in [0.29, 0.717) is 16.1 Å². The van der Waals surface area contributed by atoms with E-state index in [1.165, 1.54) is 42.7 Å². The summed E-state index contributed by atoms with van der Waals surface area (Å²) in [5, 5.41) is 6.96. The highest BCUT2D eigenvalue weighted by molar-refractivity contribution is 7.12. The first-order valence-electron chi connectivity index (χ1n) is 8.81. The third kappa shape index (κ3) is 6.42. The normalized spacial score (nSPS) is 11.4. The Labute approximate surface area is 172 Å². The highest BCUT2D eigenvalue weighted by Gasteiger charge is 2.27. The fourth-order valence-corrected chi connectivity index (χ4v) is 2.98. The van der Waals surface area contributed by atoms with Gasteiger partial charge < -0.3 is 20.1 Å². The molecule has 0 spiro atoms. The maximum atomic E-state index is 12.3. The SMILES string of the molecule is COC(=O)c1ccc(NC(=O)COC(=O)[C@@H](NC(=O)c2cccs2)C(C)C)cc1. The highest BCUT2D eigenvalue weighted by Crippen LogP contribution is 2.12. The van der Waals surface area contributed by atoms with Gasteiger partial charge in [0.25, 0.3) is 11.8 Å². The van der Waals surface area contributed by atoms with Gasteiger partial charge in [-0.3, -0.25) is 9.59 Å². The number of esters is 2. The molecule has 0 aliphatic heterocycles. The number of ether oxygens (including phenoxy) is 2. The maximum absolute atomic E-state index is 12.3. The zero-order chi connectivity index (χ0) is 21.4. The second-order valence-corrected chi connectivity index (χ2v) is 7.34. The first kappa shape index (κ1) is 22.1. The lowest BCUT2D eigenvalue weighted by atomic mass is 10.0. The number of benzene rings is 1. The van der Waals surface area contributed by atoms with Gasteiger partial charge >= 0.3 is 11.9 Å². The van der Waals surface area contributed by atoms with E-state index in [4.69, 9.17) is 4.74 Å². The van der Waals surface area contributed by atoms with Crippen molar-refractivity contribution in [1.29, 1.82) is 0 Å². The smallest absolute Gasteiger partial charge is 0.337 e. The summed E-state index contributed by atoms with van der Waals surface area (Å²) < 4.78 is 9.66. The Bertz CT molecular complexity index is 862. The molecule has 154 valence electrons. The largest absolute Gasteiger partial charge is 0.465 e. The van der Waals surface area contributed by atoms with Crippen LogP contribution in [0.1, 0.15) is 33.9 Å². The minimum atomic E-state index is -0.878. The molecule has 0 radical (unpaired) electrons. The molecular weight excluding hydrogens is 396 g/mol. The van der Waals surface area contributed by atoms with E-state index in [1.54, 1.807) is 31.4 Å². The summed E-state index contributed by atoms with van der Waals surface area (Å²) >= 11 is 1.26. The van der Waals surface area contributed by atoms with Crippen molar-refractivity contribution in [2.75, 3.05) is 19.0 Å². The van der Waals surface area contributed by atoms with Crippen molar-refractivity contribution in [3.05, 3.63) is 52.2 Å². The van der Waals surface area contributed by atoms with Gasteiger partial charge in [0, 0.05) is 5.69 Å². The topological polar surface area (TPSA) is 111 Å². The third-order valence-electron chi connectivity index (χ3n) is 3.89. The van der Waals surface area contributed by atoms with Crippen LogP contribution in [-0.4, -0.2) is 43.5 Å². The fraction of sp³-hybridized carbons (Fsp3) is 0.300. The minimum absolute atomic E-state index is 0.222. The number of hydrogen-bond acceptors (Lipinski definition) is 7. The van der Waals surface area contributed by atoms with Gasteiger partial charge in [-0.2, -0.15) is 0 Å². The zero-order valence-electron chi connectivity index (χ0n) is 16.3. The van der Waals surface area contributed by atoms with Crippen LogP contribution >= 0.6 is 11.3 Å². The lowest BCUT2D eigenvalue weighted by Gasteiger charge is -2.20. The molecule has 29 heavy (non-hydrogen) atoms. The van der Waals surface area contributed by atoms with Crippen LogP contribution in [-0.2, 0) is 19.1 Å². The molecule has 2 aromatic rings. The number of carbonyl (C=O) groups is 4. The van der Waals surface area contributed by atoms with E-state index >= 15 is 0 Å². The molecule has 0 saturated heterocycles. The molecule has 1 atom stereocenters. The van der Waals surface area contributed by atoms with Gasteiger partial charge in [-0.1, -0.05) is 19.9 Å². The summed E-state index contributed by atoms with van der Waals surface area (Å²) in [5.41, 5.74) is 0.781. The van der Waals surface area contributed by atoms with Gasteiger partial charge in [0.15, 0.2) is 6.61 Å².